The molecule has 0 bridgehead atoms. The van der Waals surface area contributed by atoms with Crippen LogP contribution in [0.4, 0.5) is 0 Å². The molecule has 4 N–H and O–H groups in total. The summed E-state index contributed by atoms with van der Waals surface area (Å²) < 4.78 is 0. The number of carboxylic acid groups (broad SMARTS) is 4. The summed E-state index contributed by atoms with van der Waals surface area (Å²) in [6, 6.07) is 25.3. The Morgan fingerprint density at radius 3 is 1.23 bits per heavy atom. The van der Waals surface area contributed by atoms with Crippen LogP contribution in [0.1, 0.15) is 16.7 Å². The van der Waals surface area contributed by atoms with Crippen molar-refractivity contribution < 1.29 is 39.6 Å². The Kier molecular flexibility index (Phi) is 9.91. The average Bonchev–Trinajstić information content (AvgIpc) is 2.90. The molecule has 3 aromatic rings. The summed E-state index contributed by atoms with van der Waals surface area (Å²) in [4.78, 5) is 50.3. The van der Waals surface area contributed by atoms with Gasteiger partial charge in [0.1, 0.15) is 6.04 Å². The van der Waals surface area contributed by atoms with Crippen LogP contribution in [0.3, 0.4) is 0 Å². The maximum absolute atomic E-state index is 13.3. The third kappa shape index (κ3) is 7.07. The number of nitrogens with zero attached hydrogens (tertiary/aromatic N) is 2. The van der Waals surface area contributed by atoms with Gasteiger partial charge in [-0.05, 0) is 16.7 Å². The zero-order chi connectivity index (χ0) is 28.4. The van der Waals surface area contributed by atoms with Crippen molar-refractivity contribution in [1.82, 2.24) is 9.80 Å². The Morgan fingerprint density at radius 1 is 0.564 bits per heavy atom. The summed E-state index contributed by atoms with van der Waals surface area (Å²) in [5.41, 5.74) is 0.435. The second kappa shape index (κ2) is 13.3. The zero-order valence-corrected chi connectivity index (χ0v) is 21.1. The molecule has 0 radical (unpaired) electrons. The van der Waals surface area contributed by atoms with Crippen LogP contribution in [-0.4, -0.2) is 92.9 Å². The fourth-order valence-electron chi connectivity index (χ4n) is 5.03. The number of hydrogen-bond acceptors (Lipinski definition) is 6. The van der Waals surface area contributed by atoms with Gasteiger partial charge < -0.3 is 20.4 Å². The Bertz CT molecular complexity index is 1160. The van der Waals surface area contributed by atoms with Crippen molar-refractivity contribution in [2.75, 3.05) is 32.7 Å². The number of carboxylic acids is 4. The zero-order valence-electron chi connectivity index (χ0n) is 21.1. The van der Waals surface area contributed by atoms with E-state index in [2.05, 4.69) is 0 Å². The third-order valence-corrected chi connectivity index (χ3v) is 6.46. The summed E-state index contributed by atoms with van der Waals surface area (Å²) in [6.07, 6.45) is 0. The molecule has 0 aliphatic heterocycles. The fraction of sp³-hybridized carbons (Fsp3) is 0.241. The monoisotopic (exact) mass is 534 g/mol. The Labute approximate surface area is 225 Å². The molecule has 0 saturated carbocycles. The summed E-state index contributed by atoms with van der Waals surface area (Å²) in [5.74, 6) is -5.10. The first-order valence-electron chi connectivity index (χ1n) is 12.2. The Balaban J connectivity index is 2.26. The second-order valence-electron chi connectivity index (χ2n) is 9.01. The first-order valence-corrected chi connectivity index (χ1v) is 12.2. The summed E-state index contributed by atoms with van der Waals surface area (Å²) in [7, 11) is 0. The van der Waals surface area contributed by atoms with E-state index in [4.69, 9.17) is 0 Å². The van der Waals surface area contributed by atoms with Crippen LogP contribution < -0.4 is 0 Å². The Hall–Kier alpha value is -4.54. The van der Waals surface area contributed by atoms with Crippen molar-refractivity contribution in [2.24, 2.45) is 0 Å². The maximum atomic E-state index is 13.3. The van der Waals surface area contributed by atoms with E-state index in [1.54, 1.807) is 91.0 Å². The minimum absolute atomic E-state index is 0.190. The van der Waals surface area contributed by atoms with E-state index < -0.39 is 55.0 Å². The predicted molar refractivity (Wildman–Crippen MR) is 142 cm³/mol. The molecule has 0 fully saturated rings. The highest BCUT2D eigenvalue weighted by Gasteiger charge is 2.50. The molecule has 10 heteroatoms. The molecule has 3 aromatic carbocycles. The standard InChI is InChI=1S/C29H30N2O8/c32-24(33)18-30(19-25(34)35)16-17-31(20-26(36)37)27(28(38)39)29(21-10-4-1-5-11-21,22-12-6-2-7-13-22)23-14-8-3-9-15-23/h1-15,27H,16-20H2,(H,32,33)(H,34,35)(H,36,37)(H,38,39). The number of carbonyl (C=O) groups is 4. The lowest BCUT2D eigenvalue weighted by Gasteiger charge is -2.45. The van der Waals surface area contributed by atoms with E-state index in [0.717, 1.165) is 4.90 Å². The highest BCUT2D eigenvalue weighted by Crippen LogP contribution is 2.44. The van der Waals surface area contributed by atoms with Gasteiger partial charge in [0.05, 0.1) is 25.0 Å². The van der Waals surface area contributed by atoms with Crippen LogP contribution in [0.15, 0.2) is 91.0 Å². The number of benzene rings is 3. The van der Waals surface area contributed by atoms with Crippen molar-refractivity contribution >= 4 is 23.9 Å². The quantitative estimate of drug-likeness (QED) is 0.214. The Morgan fingerprint density at radius 2 is 0.923 bits per heavy atom. The highest BCUT2D eigenvalue weighted by molar-refractivity contribution is 5.81. The van der Waals surface area contributed by atoms with Gasteiger partial charge in [-0.15, -0.1) is 0 Å². The molecule has 39 heavy (non-hydrogen) atoms. The van der Waals surface area contributed by atoms with Crippen LogP contribution in [-0.2, 0) is 24.6 Å². The molecule has 204 valence electrons. The molecule has 0 aliphatic rings. The summed E-state index contributed by atoms with van der Waals surface area (Å²) in [6.45, 7) is -2.31. The van der Waals surface area contributed by atoms with Crippen molar-refractivity contribution in [1.29, 1.82) is 0 Å². The highest BCUT2D eigenvalue weighted by atomic mass is 16.4. The first-order chi connectivity index (χ1) is 18.7. The molecule has 10 nitrogen and oxygen atoms in total. The van der Waals surface area contributed by atoms with E-state index in [1.165, 1.54) is 4.90 Å². The van der Waals surface area contributed by atoms with Gasteiger partial charge >= 0.3 is 23.9 Å². The fourth-order valence-corrected chi connectivity index (χ4v) is 5.03. The largest absolute Gasteiger partial charge is 0.480 e. The first kappa shape index (κ1) is 29.0. The van der Waals surface area contributed by atoms with Gasteiger partial charge in [-0.2, -0.15) is 0 Å². The molecular weight excluding hydrogens is 504 g/mol. The van der Waals surface area contributed by atoms with Gasteiger partial charge in [0.25, 0.3) is 0 Å². The van der Waals surface area contributed by atoms with E-state index in [0.29, 0.717) is 16.7 Å². The van der Waals surface area contributed by atoms with Gasteiger partial charge in [0.2, 0.25) is 0 Å². The lowest BCUT2D eigenvalue weighted by Crippen LogP contribution is -2.59. The molecule has 0 heterocycles. The van der Waals surface area contributed by atoms with Gasteiger partial charge in [-0.25, -0.2) is 0 Å². The molecule has 0 aromatic heterocycles. The number of aliphatic carboxylic acids is 4. The minimum Gasteiger partial charge on any atom is -0.480 e. The lowest BCUT2D eigenvalue weighted by atomic mass is 9.64. The molecular formula is C29H30N2O8. The minimum atomic E-state index is -1.47. The van der Waals surface area contributed by atoms with Crippen molar-refractivity contribution in [3.8, 4) is 0 Å². The van der Waals surface area contributed by atoms with E-state index >= 15 is 0 Å². The summed E-state index contributed by atoms with van der Waals surface area (Å²) >= 11 is 0. The molecule has 1 atom stereocenters. The average molecular weight is 535 g/mol. The van der Waals surface area contributed by atoms with E-state index in [-0.39, 0.29) is 13.1 Å². The van der Waals surface area contributed by atoms with Gasteiger partial charge in [0, 0.05) is 13.1 Å². The van der Waals surface area contributed by atoms with E-state index in [1.807, 2.05) is 0 Å². The van der Waals surface area contributed by atoms with Crippen molar-refractivity contribution in [3.05, 3.63) is 108 Å². The molecule has 0 aliphatic carbocycles. The maximum Gasteiger partial charge on any atom is 0.322 e. The summed E-state index contributed by atoms with van der Waals surface area (Å²) in [5, 5.41) is 39.1. The molecule has 1 unspecified atom stereocenters. The number of rotatable bonds is 15. The second-order valence-corrected chi connectivity index (χ2v) is 9.01. The van der Waals surface area contributed by atoms with Crippen molar-refractivity contribution in [3.63, 3.8) is 0 Å². The van der Waals surface area contributed by atoms with Gasteiger partial charge in [-0.1, -0.05) is 91.0 Å². The van der Waals surface area contributed by atoms with Crippen LogP contribution >= 0.6 is 0 Å². The van der Waals surface area contributed by atoms with Gasteiger partial charge in [-0.3, -0.25) is 29.0 Å². The van der Waals surface area contributed by atoms with Crippen LogP contribution in [0.2, 0.25) is 0 Å². The number of hydrogen-bond donors (Lipinski definition) is 4. The smallest absolute Gasteiger partial charge is 0.322 e. The molecule has 0 spiro atoms. The van der Waals surface area contributed by atoms with Crippen LogP contribution in [0.25, 0.3) is 0 Å². The normalized spacial score (nSPS) is 12.3. The SMILES string of the molecule is O=C(O)CN(CCN(CC(=O)O)C(C(=O)O)C(c1ccccc1)(c1ccccc1)c1ccccc1)CC(=O)O. The topological polar surface area (TPSA) is 156 Å². The van der Waals surface area contributed by atoms with Crippen molar-refractivity contribution in [2.45, 2.75) is 11.5 Å². The lowest BCUT2D eigenvalue weighted by molar-refractivity contribution is -0.150. The van der Waals surface area contributed by atoms with Gasteiger partial charge in [0.15, 0.2) is 0 Å². The third-order valence-electron chi connectivity index (χ3n) is 6.46. The predicted octanol–water partition coefficient (Wildman–Crippen LogP) is 2.33. The van der Waals surface area contributed by atoms with E-state index in [9.17, 15) is 39.6 Å². The molecule has 0 saturated heterocycles. The molecule has 3 rings (SSSR count). The van der Waals surface area contributed by atoms with Crippen LogP contribution in [0, 0.1) is 0 Å². The molecule has 0 amide bonds. The van der Waals surface area contributed by atoms with Crippen LogP contribution in [0.5, 0.6) is 0 Å².